The molecule has 7 nitrogen and oxygen atoms in total. The third kappa shape index (κ3) is 4.03. The van der Waals surface area contributed by atoms with Crippen LogP contribution in [-0.4, -0.2) is 54.3 Å². The van der Waals surface area contributed by atoms with E-state index in [-0.39, 0.29) is 11.8 Å². The second-order valence-corrected chi connectivity index (χ2v) is 5.26. The minimum atomic E-state index is -0.634. The zero-order chi connectivity index (χ0) is 15.9. The van der Waals surface area contributed by atoms with Crippen molar-refractivity contribution in [3.63, 3.8) is 0 Å². The fraction of sp³-hybridized carbons (Fsp3) is 0.467. The van der Waals surface area contributed by atoms with Gasteiger partial charge in [0.15, 0.2) is 0 Å². The van der Waals surface area contributed by atoms with Gasteiger partial charge in [-0.25, -0.2) is 0 Å². The van der Waals surface area contributed by atoms with Crippen molar-refractivity contribution >= 4 is 17.7 Å². The lowest BCUT2D eigenvalue weighted by atomic mass is 9.96. The maximum atomic E-state index is 12.3. The Morgan fingerprint density at radius 2 is 1.82 bits per heavy atom. The Bertz CT molecular complexity index is 539. The lowest BCUT2D eigenvalue weighted by Crippen LogP contribution is -2.44. The topological polar surface area (TPSA) is 91.4 Å². The number of hydrogen-bond donors (Lipinski definition) is 2. The van der Waals surface area contributed by atoms with Crippen molar-refractivity contribution in [2.75, 3.05) is 26.7 Å². The van der Waals surface area contributed by atoms with Crippen LogP contribution in [0.4, 0.5) is 0 Å². The van der Waals surface area contributed by atoms with E-state index in [0.29, 0.717) is 25.2 Å². The van der Waals surface area contributed by atoms with E-state index in [9.17, 15) is 14.4 Å². The summed E-state index contributed by atoms with van der Waals surface area (Å²) in [6.45, 7) is 1.77. The number of nitrogens with one attached hydrogen (secondary N) is 2. The molecule has 1 aromatic rings. The van der Waals surface area contributed by atoms with Crippen LogP contribution >= 0.6 is 0 Å². The van der Waals surface area contributed by atoms with E-state index in [2.05, 4.69) is 15.6 Å². The van der Waals surface area contributed by atoms with Gasteiger partial charge in [-0.1, -0.05) is 0 Å². The molecule has 1 aromatic heterocycles. The number of nitrogens with zero attached hydrogens (tertiary/aromatic N) is 2. The van der Waals surface area contributed by atoms with Crippen molar-refractivity contribution in [1.29, 1.82) is 0 Å². The monoisotopic (exact) mass is 304 g/mol. The summed E-state index contributed by atoms with van der Waals surface area (Å²) in [6.07, 6.45) is 4.83. The number of piperidine rings is 1. The van der Waals surface area contributed by atoms with Gasteiger partial charge in [-0.2, -0.15) is 0 Å². The smallest absolute Gasteiger partial charge is 0.309 e. The summed E-state index contributed by atoms with van der Waals surface area (Å²) in [4.78, 5) is 40.5. The van der Waals surface area contributed by atoms with Gasteiger partial charge in [0, 0.05) is 44.6 Å². The number of amides is 3. The van der Waals surface area contributed by atoms with Crippen molar-refractivity contribution < 1.29 is 14.4 Å². The molecule has 1 saturated heterocycles. The number of pyridine rings is 1. The first-order chi connectivity index (χ1) is 10.6. The summed E-state index contributed by atoms with van der Waals surface area (Å²) in [7, 11) is 1.42. The van der Waals surface area contributed by atoms with Crippen LogP contribution in [0.25, 0.3) is 0 Å². The van der Waals surface area contributed by atoms with Crippen LogP contribution in [0.2, 0.25) is 0 Å². The van der Waals surface area contributed by atoms with Crippen molar-refractivity contribution in [2.24, 2.45) is 5.92 Å². The molecule has 2 heterocycles. The van der Waals surface area contributed by atoms with Crippen LogP contribution in [0, 0.1) is 5.92 Å². The minimum Gasteiger partial charge on any atom is -0.351 e. The molecule has 0 atom stereocenters. The molecule has 0 saturated carbocycles. The molecule has 1 aliphatic heterocycles. The van der Waals surface area contributed by atoms with Crippen LogP contribution in [-0.2, 0) is 9.59 Å². The minimum absolute atomic E-state index is 0.00949. The summed E-state index contributed by atoms with van der Waals surface area (Å²) in [5, 5.41) is 4.90. The van der Waals surface area contributed by atoms with Gasteiger partial charge in [-0.15, -0.1) is 0 Å². The van der Waals surface area contributed by atoms with Gasteiger partial charge in [0.1, 0.15) is 0 Å². The second kappa shape index (κ2) is 7.53. The van der Waals surface area contributed by atoms with Crippen molar-refractivity contribution in [3.8, 4) is 0 Å². The molecule has 0 bridgehead atoms. The van der Waals surface area contributed by atoms with Gasteiger partial charge >= 0.3 is 11.8 Å². The maximum Gasteiger partial charge on any atom is 0.309 e. The van der Waals surface area contributed by atoms with Crippen LogP contribution < -0.4 is 10.6 Å². The Morgan fingerprint density at radius 3 is 2.41 bits per heavy atom. The quantitative estimate of drug-likeness (QED) is 0.756. The first-order valence-electron chi connectivity index (χ1n) is 7.31. The van der Waals surface area contributed by atoms with Crippen LogP contribution in [0.15, 0.2) is 24.5 Å². The number of hydrogen-bond acceptors (Lipinski definition) is 4. The van der Waals surface area contributed by atoms with Gasteiger partial charge in [-0.05, 0) is 30.9 Å². The third-order valence-corrected chi connectivity index (χ3v) is 3.81. The zero-order valence-electron chi connectivity index (χ0n) is 12.5. The van der Waals surface area contributed by atoms with Gasteiger partial charge in [0.2, 0.25) is 0 Å². The Hall–Kier alpha value is -2.44. The molecule has 1 fully saturated rings. The summed E-state index contributed by atoms with van der Waals surface area (Å²) in [5.41, 5.74) is 0.640. The fourth-order valence-corrected chi connectivity index (χ4v) is 2.45. The number of rotatable bonds is 3. The molecule has 22 heavy (non-hydrogen) atoms. The molecule has 2 rings (SSSR count). The first-order valence-corrected chi connectivity index (χ1v) is 7.31. The first kappa shape index (κ1) is 15.9. The average Bonchev–Trinajstić information content (AvgIpc) is 2.59. The van der Waals surface area contributed by atoms with E-state index in [4.69, 9.17) is 0 Å². The second-order valence-electron chi connectivity index (χ2n) is 5.26. The summed E-state index contributed by atoms with van der Waals surface area (Å²) in [6, 6.07) is 3.41. The molecule has 7 heteroatoms. The number of carbonyl (C=O) groups excluding carboxylic acids is 3. The van der Waals surface area contributed by atoms with E-state index in [0.717, 1.165) is 12.8 Å². The molecule has 0 aliphatic carbocycles. The normalized spacial score (nSPS) is 15.2. The number of likely N-dealkylation sites (tertiary alicyclic amines) is 1. The fourth-order valence-electron chi connectivity index (χ4n) is 2.45. The lowest BCUT2D eigenvalue weighted by Gasteiger charge is -2.32. The standard InChI is InChI=1S/C15H20N4O3/c1-16-13(20)14(21)18-10-11-4-8-19(9-5-11)15(22)12-2-6-17-7-3-12/h2-3,6-7,11H,4-5,8-10H2,1H3,(H,16,20)(H,18,21). The molecule has 0 spiro atoms. The molecule has 1 aliphatic rings. The van der Waals surface area contributed by atoms with E-state index >= 15 is 0 Å². The zero-order valence-corrected chi connectivity index (χ0v) is 12.5. The molecular weight excluding hydrogens is 284 g/mol. The molecule has 0 unspecified atom stereocenters. The number of carbonyl (C=O) groups is 3. The predicted molar refractivity (Wildman–Crippen MR) is 79.9 cm³/mol. The highest BCUT2D eigenvalue weighted by Crippen LogP contribution is 2.18. The Labute approximate surface area is 129 Å². The van der Waals surface area contributed by atoms with Crippen molar-refractivity contribution in [2.45, 2.75) is 12.8 Å². The van der Waals surface area contributed by atoms with Gasteiger partial charge in [-0.3, -0.25) is 19.4 Å². The molecular formula is C15H20N4O3. The summed E-state index contributed by atoms with van der Waals surface area (Å²) < 4.78 is 0. The maximum absolute atomic E-state index is 12.3. The lowest BCUT2D eigenvalue weighted by molar-refractivity contribution is -0.139. The highest BCUT2D eigenvalue weighted by atomic mass is 16.2. The Kier molecular flexibility index (Phi) is 5.46. The Morgan fingerprint density at radius 1 is 1.18 bits per heavy atom. The molecule has 2 N–H and O–H groups in total. The number of likely N-dealkylation sites (N-methyl/N-ethyl adjacent to an activating group) is 1. The highest BCUT2D eigenvalue weighted by Gasteiger charge is 2.24. The third-order valence-electron chi connectivity index (χ3n) is 3.81. The van der Waals surface area contributed by atoms with Gasteiger partial charge in [0.05, 0.1) is 0 Å². The molecule has 3 amide bonds. The molecule has 118 valence electrons. The van der Waals surface area contributed by atoms with Crippen LogP contribution in [0.5, 0.6) is 0 Å². The number of aromatic nitrogens is 1. The van der Waals surface area contributed by atoms with Crippen LogP contribution in [0.3, 0.4) is 0 Å². The largest absolute Gasteiger partial charge is 0.351 e. The van der Waals surface area contributed by atoms with Crippen molar-refractivity contribution in [3.05, 3.63) is 30.1 Å². The van der Waals surface area contributed by atoms with Gasteiger partial charge < -0.3 is 15.5 Å². The predicted octanol–water partition coefficient (Wildman–Crippen LogP) is -0.204. The van der Waals surface area contributed by atoms with E-state index in [1.165, 1.54) is 7.05 Å². The summed E-state index contributed by atoms with van der Waals surface area (Å²) >= 11 is 0. The van der Waals surface area contributed by atoms with Crippen molar-refractivity contribution in [1.82, 2.24) is 20.5 Å². The van der Waals surface area contributed by atoms with Gasteiger partial charge in [0.25, 0.3) is 5.91 Å². The Balaban J connectivity index is 1.77. The highest BCUT2D eigenvalue weighted by molar-refractivity contribution is 6.34. The average molecular weight is 304 g/mol. The molecule has 0 aromatic carbocycles. The SMILES string of the molecule is CNC(=O)C(=O)NCC1CCN(C(=O)c2ccncc2)CC1. The van der Waals surface area contributed by atoms with Crippen LogP contribution in [0.1, 0.15) is 23.2 Å². The van der Waals surface area contributed by atoms with E-state index in [1.807, 2.05) is 4.90 Å². The van der Waals surface area contributed by atoms with E-state index < -0.39 is 11.8 Å². The van der Waals surface area contributed by atoms with E-state index in [1.54, 1.807) is 24.5 Å². The molecule has 0 radical (unpaired) electrons. The summed E-state index contributed by atoms with van der Waals surface area (Å²) in [5.74, 6) is -0.951.